The molecule has 1 atom stereocenters. The minimum atomic E-state index is -0.776. The lowest BCUT2D eigenvalue weighted by molar-refractivity contribution is -0.149. The molecule has 0 radical (unpaired) electrons. The SMILES string of the molecule is CCCC1(C(=O)O)CCN(C(=O)CCOC)C1. The van der Waals surface area contributed by atoms with E-state index in [2.05, 4.69) is 0 Å². The van der Waals surface area contributed by atoms with E-state index >= 15 is 0 Å². The van der Waals surface area contributed by atoms with Crippen LogP contribution in [0.15, 0.2) is 0 Å². The number of amides is 1. The number of carboxylic acids is 1. The molecule has 0 saturated carbocycles. The van der Waals surface area contributed by atoms with Crippen LogP contribution in [0.1, 0.15) is 32.6 Å². The number of aliphatic carboxylic acids is 1. The van der Waals surface area contributed by atoms with Crippen LogP contribution in [-0.4, -0.2) is 48.7 Å². The number of ether oxygens (including phenoxy) is 1. The van der Waals surface area contributed by atoms with Gasteiger partial charge in [-0.25, -0.2) is 0 Å². The van der Waals surface area contributed by atoms with E-state index in [1.807, 2.05) is 6.92 Å². The number of carboxylic acid groups (broad SMARTS) is 1. The first-order valence-electron chi connectivity index (χ1n) is 6.06. The first-order chi connectivity index (χ1) is 8.05. The maximum Gasteiger partial charge on any atom is 0.311 e. The maximum atomic E-state index is 11.8. The van der Waals surface area contributed by atoms with Gasteiger partial charge < -0.3 is 14.7 Å². The average Bonchev–Trinajstić information content (AvgIpc) is 2.72. The van der Waals surface area contributed by atoms with Crippen LogP contribution in [0.3, 0.4) is 0 Å². The van der Waals surface area contributed by atoms with Gasteiger partial charge in [-0.15, -0.1) is 0 Å². The fourth-order valence-corrected chi connectivity index (χ4v) is 2.40. The van der Waals surface area contributed by atoms with Gasteiger partial charge in [0.15, 0.2) is 0 Å². The van der Waals surface area contributed by atoms with Gasteiger partial charge in [0.2, 0.25) is 5.91 Å². The van der Waals surface area contributed by atoms with Crippen molar-refractivity contribution < 1.29 is 19.4 Å². The van der Waals surface area contributed by atoms with Crippen LogP contribution in [0, 0.1) is 5.41 Å². The first kappa shape index (κ1) is 14.0. The lowest BCUT2D eigenvalue weighted by Crippen LogP contribution is -2.37. The normalized spacial score (nSPS) is 24.0. The number of methoxy groups -OCH3 is 1. The van der Waals surface area contributed by atoms with E-state index in [4.69, 9.17) is 4.74 Å². The Bertz CT molecular complexity index is 292. The fraction of sp³-hybridized carbons (Fsp3) is 0.833. The summed E-state index contributed by atoms with van der Waals surface area (Å²) in [7, 11) is 1.55. The van der Waals surface area contributed by atoms with Gasteiger partial charge >= 0.3 is 5.97 Å². The molecule has 1 unspecified atom stereocenters. The monoisotopic (exact) mass is 243 g/mol. The van der Waals surface area contributed by atoms with Crippen molar-refractivity contribution in [3.05, 3.63) is 0 Å². The van der Waals surface area contributed by atoms with Crippen molar-refractivity contribution in [2.45, 2.75) is 32.6 Å². The molecule has 0 spiro atoms. The molecule has 0 aromatic carbocycles. The van der Waals surface area contributed by atoms with Crippen LogP contribution in [0.2, 0.25) is 0 Å². The second-order valence-electron chi connectivity index (χ2n) is 4.64. The summed E-state index contributed by atoms with van der Waals surface area (Å²) in [6.07, 6.45) is 2.36. The van der Waals surface area contributed by atoms with E-state index < -0.39 is 11.4 Å². The zero-order valence-electron chi connectivity index (χ0n) is 10.6. The zero-order chi connectivity index (χ0) is 12.9. The minimum Gasteiger partial charge on any atom is -0.481 e. The number of hydrogen-bond donors (Lipinski definition) is 1. The van der Waals surface area contributed by atoms with E-state index in [-0.39, 0.29) is 5.91 Å². The molecule has 1 aliphatic heterocycles. The Labute approximate surface area is 102 Å². The Kier molecular flexibility index (Phi) is 4.93. The molecule has 1 N–H and O–H groups in total. The zero-order valence-corrected chi connectivity index (χ0v) is 10.6. The van der Waals surface area contributed by atoms with Gasteiger partial charge in [0.05, 0.1) is 18.4 Å². The van der Waals surface area contributed by atoms with Crippen molar-refractivity contribution in [1.29, 1.82) is 0 Å². The van der Waals surface area contributed by atoms with Crippen LogP contribution in [-0.2, 0) is 14.3 Å². The molecule has 0 aliphatic carbocycles. The lowest BCUT2D eigenvalue weighted by Gasteiger charge is -2.24. The number of hydrogen-bond acceptors (Lipinski definition) is 3. The number of likely N-dealkylation sites (tertiary alicyclic amines) is 1. The Hall–Kier alpha value is -1.10. The summed E-state index contributed by atoms with van der Waals surface area (Å²) in [5.74, 6) is -0.785. The van der Waals surface area contributed by atoms with E-state index in [0.29, 0.717) is 39.0 Å². The standard InChI is InChI=1S/C12H21NO4/c1-3-5-12(11(15)16)6-7-13(9-12)10(14)4-8-17-2/h3-9H2,1-2H3,(H,15,16). The second kappa shape index (κ2) is 6.00. The molecular formula is C12H21NO4. The number of carbonyl (C=O) groups excluding carboxylic acids is 1. The number of rotatable bonds is 6. The predicted molar refractivity (Wildman–Crippen MR) is 62.7 cm³/mol. The van der Waals surface area contributed by atoms with E-state index in [0.717, 1.165) is 6.42 Å². The molecule has 1 saturated heterocycles. The van der Waals surface area contributed by atoms with Crippen molar-refractivity contribution in [2.24, 2.45) is 5.41 Å². The Morgan fingerprint density at radius 3 is 2.71 bits per heavy atom. The van der Waals surface area contributed by atoms with Crippen LogP contribution < -0.4 is 0 Å². The van der Waals surface area contributed by atoms with Crippen molar-refractivity contribution in [3.8, 4) is 0 Å². The highest BCUT2D eigenvalue weighted by molar-refractivity contribution is 5.80. The molecule has 98 valence electrons. The van der Waals surface area contributed by atoms with E-state index in [9.17, 15) is 14.7 Å². The average molecular weight is 243 g/mol. The topological polar surface area (TPSA) is 66.8 Å². The number of carbonyl (C=O) groups is 2. The molecule has 5 heteroatoms. The molecule has 1 aliphatic rings. The van der Waals surface area contributed by atoms with Crippen molar-refractivity contribution in [3.63, 3.8) is 0 Å². The van der Waals surface area contributed by atoms with Crippen LogP contribution >= 0.6 is 0 Å². The van der Waals surface area contributed by atoms with E-state index in [1.165, 1.54) is 0 Å². The van der Waals surface area contributed by atoms with E-state index in [1.54, 1.807) is 12.0 Å². The second-order valence-corrected chi connectivity index (χ2v) is 4.64. The molecule has 1 rings (SSSR count). The summed E-state index contributed by atoms with van der Waals surface area (Å²) in [5, 5.41) is 9.31. The van der Waals surface area contributed by atoms with Gasteiger partial charge in [-0.3, -0.25) is 9.59 Å². The molecular weight excluding hydrogens is 222 g/mol. The van der Waals surface area contributed by atoms with Crippen molar-refractivity contribution in [1.82, 2.24) is 4.90 Å². The lowest BCUT2D eigenvalue weighted by atomic mass is 9.83. The highest BCUT2D eigenvalue weighted by atomic mass is 16.5. The largest absolute Gasteiger partial charge is 0.481 e. The van der Waals surface area contributed by atoms with Crippen molar-refractivity contribution >= 4 is 11.9 Å². The molecule has 0 aromatic rings. The van der Waals surface area contributed by atoms with Crippen LogP contribution in [0.4, 0.5) is 0 Å². The van der Waals surface area contributed by atoms with Gasteiger partial charge in [-0.1, -0.05) is 13.3 Å². The first-order valence-corrected chi connectivity index (χ1v) is 6.06. The quantitative estimate of drug-likeness (QED) is 0.759. The van der Waals surface area contributed by atoms with Gasteiger partial charge in [0.25, 0.3) is 0 Å². The molecule has 1 amide bonds. The van der Waals surface area contributed by atoms with Gasteiger partial charge in [0, 0.05) is 20.2 Å². The Morgan fingerprint density at radius 1 is 1.47 bits per heavy atom. The summed E-state index contributed by atoms with van der Waals surface area (Å²) < 4.78 is 4.86. The summed E-state index contributed by atoms with van der Waals surface area (Å²) in [4.78, 5) is 24.8. The molecule has 1 fully saturated rings. The summed E-state index contributed by atoms with van der Waals surface area (Å²) in [6, 6.07) is 0. The van der Waals surface area contributed by atoms with Crippen LogP contribution in [0.25, 0.3) is 0 Å². The van der Waals surface area contributed by atoms with Gasteiger partial charge in [0.1, 0.15) is 0 Å². The maximum absolute atomic E-state index is 11.8. The summed E-state index contributed by atoms with van der Waals surface area (Å²) in [5.41, 5.74) is -0.725. The molecule has 17 heavy (non-hydrogen) atoms. The molecule has 0 aromatic heterocycles. The van der Waals surface area contributed by atoms with Gasteiger partial charge in [-0.05, 0) is 12.8 Å². The highest BCUT2D eigenvalue weighted by Gasteiger charge is 2.45. The Balaban J connectivity index is 2.60. The molecule has 1 heterocycles. The number of nitrogens with zero attached hydrogens (tertiary/aromatic N) is 1. The molecule has 5 nitrogen and oxygen atoms in total. The van der Waals surface area contributed by atoms with Crippen LogP contribution in [0.5, 0.6) is 0 Å². The molecule has 0 bridgehead atoms. The summed E-state index contributed by atoms with van der Waals surface area (Å²) >= 11 is 0. The van der Waals surface area contributed by atoms with Crippen molar-refractivity contribution in [2.75, 3.05) is 26.8 Å². The minimum absolute atomic E-state index is 0.00826. The third kappa shape index (κ3) is 3.19. The smallest absolute Gasteiger partial charge is 0.311 e. The summed E-state index contributed by atoms with van der Waals surface area (Å²) in [6.45, 7) is 3.26. The fourth-order valence-electron chi connectivity index (χ4n) is 2.40. The third-order valence-electron chi connectivity index (χ3n) is 3.41. The Morgan fingerprint density at radius 2 is 2.18 bits per heavy atom. The van der Waals surface area contributed by atoms with Gasteiger partial charge in [-0.2, -0.15) is 0 Å². The predicted octanol–water partition coefficient (Wildman–Crippen LogP) is 1.13. The highest BCUT2D eigenvalue weighted by Crippen LogP contribution is 2.35. The third-order valence-corrected chi connectivity index (χ3v) is 3.41.